The van der Waals surface area contributed by atoms with Gasteiger partial charge >= 0.3 is 5.97 Å². The van der Waals surface area contributed by atoms with Gasteiger partial charge < -0.3 is 19.5 Å². The van der Waals surface area contributed by atoms with Crippen molar-refractivity contribution in [2.24, 2.45) is 0 Å². The molecule has 0 aliphatic rings. The summed E-state index contributed by atoms with van der Waals surface area (Å²) >= 11 is 0. The Hall–Kier alpha value is -3.28. The van der Waals surface area contributed by atoms with Gasteiger partial charge in [0.1, 0.15) is 0 Å². The molecule has 0 aliphatic heterocycles. The summed E-state index contributed by atoms with van der Waals surface area (Å²) in [7, 11) is 1.56. The molecule has 6 heteroatoms. The molecule has 2 rings (SSSR count). The lowest BCUT2D eigenvalue weighted by molar-refractivity contribution is -0.142. The zero-order valence-electron chi connectivity index (χ0n) is 14.7. The minimum absolute atomic E-state index is 0.356. The van der Waals surface area contributed by atoms with Gasteiger partial charge in [-0.3, -0.25) is 4.79 Å². The molecule has 6 nitrogen and oxygen atoms in total. The molecule has 0 heterocycles. The van der Waals surface area contributed by atoms with Crippen LogP contribution in [0.15, 0.2) is 54.6 Å². The average molecular weight is 355 g/mol. The Labute approximate surface area is 152 Å². The van der Waals surface area contributed by atoms with Gasteiger partial charge in [-0.1, -0.05) is 24.3 Å². The fourth-order valence-electron chi connectivity index (χ4n) is 2.13. The first-order valence-electron chi connectivity index (χ1n) is 8.13. The third kappa shape index (κ3) is 5.98. The number of carbonyl (C=O) groups excluding carboxylic acids is 2. The summed E-state index contributed by atoms with van der Waals surface area (Å²) in [5.41, 5.74) is 1.39. The molecule has 1 N–H and O–H groups in total. The van der Waals surface area contributed by atoms with E-state index in [1.807, 2.05) is 13.0 Å². The van der Waals surface area contributed by atoms with Crippen LogP contribution in [0.25, 0.3) is 6.08 Å². The molecule has 0 spiro atoms. The Morgan fingerprint density at radius 1 is 1.08 bits per heavy atom. The van der Waals surface area contributed by atoms with Crippen molar-refractivity contribution in [3.63, 3.8) is 0 Å². The number of hydrogen-bond donors (Lipinski definition) is 1. The number of carbonyl (C=O) groups is 2. The number of amides is 1. The summed E-state index contributed by atoms with van der Waals surface area (Å²) in [5, 5.41) is 2.63. The first-order chi connectivity index (χ1) is 12.6. The summed E-state index contributed by atoms with van der Waals surface area (Å²) in [6.07, 6.45) is 2.84. The third-order valence-corrected chi connectivity index (χ3v) is 3.30. The van der Waals surface area contributed by atoms with E-state index < -0.39 is 11.9 Å². The van der Waals surface area contributed by atoms with Crippen molar-refractivity contribution in [1.29, 1.82) is 0 Å². The largest absolute Gasteiger partial charge is 0.493 e. The number of rotatable bonds is 8. The van der Waals surface area contributed by atoms with E-state index in [1.165, 1.54) is 6.08 Å². The summed E-state index contributed by atoms with van der Waals surface area (Å²) in [5.74, 6) is 0.194. The summed E-state index contributed by atoms with van der Waals surface area (Å²) in [6, 6.07) is 14.2. The van der Waals surface area contributed by atoms with E-state index in [0.29, 0.717) is 23.8 Å². The lowest BCUT2D eigenvalue weighted by Crippen LogP contribution is -2.20. The maximum atomic E-state index is 11.8. The lowest BCUT2D eigenvalue weighted by Gasteiger charge is -2.09. The first-order valence-corrected chi connectivity index (χ1v) is 8.13. The van der Waals surface area contributed by atoms with Gasteiger partial charge in [-0.2, -0.15) is 0 Å². The Balaban J connectivity index is 1.87. The second-order valence-electron chi connectivity index (χ2n) is 5.20. The van der Waals surface area contributed by atoms with E-state index >= 15 is 0 Å². The highest BCUT2D eigenvalue weighted by Gasteiger charge is 2.07. The van der Waals surface area contributed by atoms with Gasteiger partial charge in [0.15, 0.2) is 18.1 Å². The normalized spacial score (nSPS) is 10.4. The van der Waals surface area contributed by atoms with Gasteiger partial charge in [-0.25, -0.2) is 4.79 Å². The smallest absolute Gasteiger partial charge is 0.331 e. The molecular formula is C20H21NO5. The van der Waals surface area contributed by atoms with Crippen LogP contribution in [-0.4, -0.2) is 32.2 Å². The van der Waals surface area contributed by atoms with Gasteiger partial charge in [0.05, 0.1) is 13.7 Å². The molecule has 0 bridgehead atoms. The van der Waals surface area contributed by atoms with Crippen LogP contribution in [-0.2, 0) is 14.3 Å². The van der Waals surface area contributed by atoms with Crippen LogP contribution in [0.3, 0.4) is 0 Å². The van der Waals surface area contributed by atoms with Crippen molar-refractivity contribution < 1.29 is 23.8 Å². The second-order valence-corrected chi connectivity index (χ2v) is 5.20. The minimum atomic E-state index is -0.609. The van der Waals surface area contributed by atoms with E-state index in [4.69, 9.17) is 14.2 Å². The van der Waals surface area contributed by atoms with Gasteiger partial charge in [-0.05, 0) is 42.8 Å². The molecule has 26 heavy (non-hydrogen) atoms. The van der Waals surface area contributed by atoms with Crippen molar-refractivity contribution in [2.75, 3.05) is 25.6 Å². The average Bonchev–Trinajstić information content (AvgIpc) is 2.66. The number of hydrogen-bond acceptors (Lipinski definition) is 5. The first kappa shape index (κ1) is 19.1. The fraction of sp³-hybridized carbons (Fsp3) is 0.200. The van der Waals surface area contributed by atoms with Crippen LogP contribution in [0.2, 0.25) is 0 Å². The zero-order chi connectivity index (χ0) is 18.8. The van der Waals surface area contributed by atoms with Crippen LogP contribution in [0, 0.1) is 0 Å². The van der Waals surface area contributed by atoms with Crippen LogP contribution < -0.4 is 14.8 Å². The molecular weight excluding hydrogens is 334 g/mol. The monoisotopic (exact) mass is 355 g/mol. The van der Waals surface area contributed by atoms with Crippen LogP contribution in [0.1, 0.15) is 12.5 Å². The molecule has 0 atom stereocenters. The standard InChI is InChI=1S/C20H21NO5/c1-3-25-18-13-15(9-11-17(18)24-2)10-12-20(23)26-14-19(22)21-16-7-5-4-6-8-16/h4-13H,3,14H2,1-2H3,(H,21,22)/b12-10+. The maximum absolute atomic E-state index is 11.8. The van der Waals surface area contributed by atoms with Gasteiger partial charge in [0.25, 0.3) is 5.91 Å². The highest BCUT2D eigenvalue weighted by Crippen LogP contribution is 2.28. The van der Waals surface area contributed by atoms with Crippen LogP contribution in [0.5, 0.6) is 11.5 Å². The van der Waals surface area contributed by atoms with Crippen molar-refractivity contribution in [3.05, 3.63) is 60.2 Å². The van der Waals surface area contributed by atoms with E-state index in [1.54, 1.807) is 55.7 Å². The van der Waals surface area contributed by atoms with E-state index in [-0.39, 0.29) is 6.61 Å². The number of para-hydroxylation sites is 1. The topological polar surface area (TPSA) is 73.9 Å². The highest BCUT2D eigenvalue weighted by molar-refractivity contribution is 5.94. The number of ether oxygens (including phenoxy) is 3. The Morgan fingerprint density at radius 3 is 2.54 bits per heavy atom. The predicted molar refractivity (Wildman–Crippen MR) is 99.2 cm³/mol. The van der Waals surface area contributed by atoms with Gasteiger partial charge in [0, 0.05) is 11.8 Å². The molecule has 0 saturated heterocycles. The minimum Gasteiger partial charge on any atom is -0.493 e. The summed E-state index contributed by atoms with van der Waals surface area (Å²) in [6.45, 7) is 2.02. The third-order valence-electron chi connectivity index (χ3n) is 3.30. The van der Waals surface area contributed by atoms with Crippen molar-refractivity contribution in [2.45, 2.75) is 6.92 Å². The van der Waals surface area contributed by atoms with Crippen molar-refractivity contribution in [3.8, 4) is 11.5 Å². The van der Waals surface area contributed by atoms with E-state index in [0.717, 1.165) is 5.56 Å². The summed E-state index contributed by atoms with van der Waals surface area (Å²) in [4.78, 5) is 23.5. The lowest BCUT2D eigenvalue weighted by atomic mass is 10.2. The molecule has 0 fully saturated rings. The molecule has 0 radical (unpaired) electrons. The van der Waals surface area contributed by atoms with Crippen LogP contribution >= 0.6 is 0 Å². The van der Waals surface area contributed by atoms with E-state index in [2.05, 4.69) is 5.32 Å². The molecule has 2 aromatic rings. The van der Waals surface area contributed by atoms with E-state index in [9.17, 15) is 9.59 Å². The van der Waals surface area contributed by atoms with Crippen LogP contribution in [0.4, 0.5) is 5.69 Å². The number of methoxy groups -OCH3 is 1. The molecule has 1 amide bonds. The number of benzene rings is 2. The Kier molecular flexibility index (Phi) is 7.24. The molecule has 2 aromatic carbocycles. The Morgan fingerprint density at radius 2 is 1.85 bits per heavy atom. The highest BCUT2D eigenvalue weighted by atomic mass is 16.5. The predicted octanol–water partition coefficient (Wildman–Crippen LogP) is 3.29. The molecule has 0 saturated carbocycles. The number of nitrogens with one attached hydrogen (secondary N) is 1. The number of esters is 1. The molecule has 0 aliphatic carbocycles. The zero-order valence-corrected chi connectivity index (χ0v) is 14.7. The maximum Gasteiger partial charge on any atom is 0.331 e. The molecule has 0 aromatic heterocycles. The van der Waals surface area contributed by atoms with Crippen molar-refractivity contribution >= 4 is 23.6 Å². The Bertz CT molecular complexity index is 771. The van der Waals surface area contributed by atoms with Gasteiger partial charge in [-0.15, -0.1) is 0 Å². The quantitative estimate of drug-likeness (QED) is 0.581. The van der Waals surface area contributed by atoms with Gasteiger partial charge in [0.2, 0.25) is 0 Å². The number of anilines is 1. The fourth-order valence-corrected chi connectivity index (χ4v) is 2.13. The molecule has 0 unspecified atom stereocenters. The van der Waals surface area contributed by atoms with Crippen molar-refractivity contribution in [1.82, 2.24) is 0 Å². The second kappa shape index (κ2) is 9.88. The molecule has 136 valence electrons. The SMILES string of the molecule is CCOc1cc(/C=C/C(=O)OCC(=O)Nc2ccccc2)ccc1OC. The summed E-state index contributed by atoms with van der Waals surface area (Å²) < 4.78 is 15.6.